The van der Waals surface area contributed by atoms with E-state index in [-0.39, 0.29) is 5.82 Å². The Labute approximate surface area is 180 Å². The van der Waals surface area contributed by atoms with Crippen LogP contribution in [0.2, 0.25) is 0 Å². The van der Waals surface area contributed by atoms with E-state index in [0.717, 1.165) is 27.6 Å². The van der Waals surface area contributed by atoms with Crippen molar-refractivity contribution < 1.29 is 4.39 Å². The summed E-state index contributed by atoms with van der Waals surface area (Å²) < 4.78 is 14.0. The van der Waals surface area contributed by atoms with Gasteiger partial charge in [0, 0.05) is 35.9 Å². The minimum Gasteiger partial charge on any atom is -0.335 e. The Bertz CT molecular complexity index is 1580. The van der Waals surface area contributed by atoms with Gasteiger partial charge in [-0.15, -0.1) is 0 Å². The van der Waals surface area contributed by atoms with Crippen LogP contribution < -0.4 is 0 Å². The van der Waals surface area contributed by atoms with Crippen molar-refractivity contribution in [1.29, 1.82) is 0 Å². The highest BCUT2D eigenvalue weighted by molar-refractivity contribution is 5.95. The van der Waals surface area contributed by atoms with Crippen molar-refractivity contribution in [3.63, 3.8) is 0 Å². The predicted molar refractivity (Wildman–Crippen MR) is 118 cm³/mol. The number of halogens is 1. The lowest BCUT2D eigenvalue weighted by Gasteiger charge is -2.04. The summed E-state index contributed by atoms with van der Waals surface area (Å²) in [5.41, 5.74) is 6.42. The van der Waals surface area contributed by atoms with Gasteiger partial charge in [-0.2, -0.15) is 5.10 Å². The summed E-state index contributed by atoms with van der Waals surface area (Å²) in [5.74, 6) is 0.278. The Morgan fingerprint density at radius 1 is 0.875 bits per heavy atom. The minimum atomic E-state index is -0.285. The Morgan fingerprint density at radius 3 is 2.66 bits per heavy atom. The molecule has 9 heteroatoms. The molecule has 0 saturated carbocycles. The molecule has 32 heavy (non-hydrogen) atoms. The third kappa shape index (κ3) is 2.99. The van der Waals surface area contributed by atoms with E-state index in [2.05, 4.69) is 40.1 Å². The lowest BCUT2D eigenvalue weighted by molar-refractivity contribution is 0.627. The van der Waals surface area contributed by atoms with E-state index in [1.165, 1.54) is 12.1 Å². The number of nitrogens with zero attached hydrogens (tertiary/aromatic N) is 6. The van der Waals surface area contributed by atoms with Crippen LogP contribution in [0.4, 0.5) is 4.39 Å². The van der Waals surface area contributed by atoms with Gasteiger partial charge in [-0.1, -0.05) is 6.07 Å². The topological polar surface area (TPSA) is 109 Å². The largest absolute Gasteiger partial charge is 0.335 e. The fraction of sp³-hybridized carbons (Fsp3) is 0.0435. The second-order valence-corrected chi connectivity index (χ2v) is 7.44. The average molecular weight is 422 g/mol. The van der Waals surface area contributed by atoms with Crippen molar-refractivity contribution in [2.45, 2.75) is 6.92 Å². The number of fused-ring (bicyclic) bond motifs is 2. The number of aryl methyl sites for hydroxylation is 1. The summed E-state index contributed by atoms with van der Waals surface area (Å²) >= 11 is 0. The molecule has 0 aliphatic heterocycles. The van der Waals surface area contributed by atoms with Gasteiger partial charge in [0.25, 0.3) is 0 Å². The van der Waals surface area contributed by atoms with Crippen LogP contribution in [0.3, 0.4) is 0 Å². The predicted octanol–water partition coefficient (Wildman–Crippen LogP) is 4.47. The molecule has 1 aromatic carbocycles. The van der Waals surface area contributed by atoms with Crippen LogP contribution in [0.1, 0.15) is 5.56 Å². The molecule has 5 aromatic heterocycles. The molecule has 6 aromatic rings. The summed E-state index contributed by atoms with van der Waals surface area (Å²) in [6.07, 6.45) is 8.32. The van der Waals surface area contributed by atoms with E-state index in [9.17, 15) is 4.39 Å². The van der Waals surface area contributed by atoms with Gasteiger partial charge in [-0.3, -0.25) is 15.1 Å². The summed E-state index contributed by atoms with van der Waals surface area (Å²) in [7, 11) is 0. The number of aromatic amines is 2. The summed E-state index contributed by atoms with van der Waals surface area (Å²) in [6.45, 7) is 1.86. The van der Waals surface area contributed by atoms with Gasteiger partial charge in [0.1, 0.15) is 11.5 Å². The van der Waals surface area contributed by atoms with Gasteiger partial charge in [-0.05, 0) is 42.3 Å². The molecular weight excluding hydrogens is 407 g/mol. The minimum absolute atomic E-state index is 0.285. The van der Waals surface area contributed by atoms with Crippen LogP contribution >= 0.6 is 0 Å². The highest BCUT2D eigenvalue weighted by Gasteiger charge is 2.17. The zero-order valence-electron chi connectivity index (χ0n) is 16.8. The summed E-state index contributed by atoms with van der Waals surface area (Å²) in [5, 5.41) is 8.11. The molecule has 0 aliphatic carbocycles. The first-order chi connectivity index (χ1) is 15.7. The van der Waals surface area contributed by atoms with Crippen LogP contribution in [0, 0.1) is 12.7 Å². The molecule has 8 nitrogen and oxygen atoms in total. The first-order valence-electron chi connectivity index (χ1n) is 9.89. The number of pyridine rings is 2. The van der Waals surface area contributed by atoms with Gasteiger partial charge < -0.3 is 4.98 Å². The van der Waals surface area contributed by atoms with Crippen molar-refractivity contribution in [2.24, 2.45) is 0 Å². The van der Waals surface area contributed by atoms with Gasteiger partial charge in [0.2, 0.25) is 0 Å². The average Bonchev–Trinajstić information content (AvgIpc) is 3.42. The van der Waals surface area contributed by atoms with Crippen LogP contribution in [0.15, 0.2) is 61.3 Å². The third-order valence-electron chi connectivity index (χ3n) is 5.25. The second-order valence-electron chi connectivity index (χ2n) is 7.44. The quantitative estimate of drug-likeness (QED) is 0.436. The molecule has 0 spiro atoms. The molecule has 0 saturated heterocycles. The van der Waals surface area contributed by atoms with Gasteiger partial charge in [0.15, 0.2) is 17.1 Å². The Balaban J connectivity index is 1.52. The fourth-order valence-electron chi connectivity index (χ4n) is 3.83. The fourth-order valence-corrected chi connectivity index (χ4v) is 3.83. The number of nitrogens with one attached hydrogen (secondary N) is 2. The van der Waals surface area contributed by atoms with Crippen LogP contribution in [-0.4, -0.2) is 40.1 Å². The van der Waals surface area contributed by atoms with Crippen LogP contribution in [0.25, 0.3) is 56.1 Å². The van der Waals surface area contributed by atoms with Crippen molar-refractivity contribution in [1.82, 2.24) is 40.1 Å². The molecule has 0 amide bonds. The number of hydrogen-bond acceptors (Lipinski definition) is 6. The molecule has 0 atom stereocenters. The zero-order valence-corrected chi connectivity index (χ0v) is 16.8. The standard InChI is InChI=1S/C23H15FN8/c1-12-6-13(8-15(24)7-12)16-2-3-27-22-19(16)29-23(30-22)20-17-9-14(10-28-21(17)32-31-20)18-11-25-4-5-26-18/h2-11H,1H3,(H,27,29,30)(H,28,31,32). The highest BCUT2D eigenvalue weighted by Crippen LogP contribution is 2.32. The molecule has 0 fully saturated rings. The van der Waals surface area contributed by atoms with E-state index in [0.29, 0.717) is 34.0 Å². The van der Waals surface area contributed by atoms with E-state index in [1.54, 1.807) is 31.0 Å². The maximum atomic E-state index is 14.0. The molecule has 154 valence electrons. The van der Waals surface area contributed by atoms with Crippen LogP contribution in [-0.2, 0) is 0 Å². The zero-order chi connectivity index (χ0) is 21.7. The molecule has 2 N–H and O–H groups in total. The molecule has 5 heterocycles. The monoisotopic (exact) mass is 422 g/mol. The molecule has 0 unspecified atom stereocenters. The normalized spacial score (nSPS) is 11.4. The van der Waals surface area contributed by atoms with Crippen molar-refractivity contribution >= 4 is 22.2 Å². The SMILES string of the molecule is Cc1cc(F)cc(-c2ccnc3nc(-c4[nH]nc5ncc(-c6cnccn6)cc45)[nH]c23)c1. The molecule has 0 radical (unpaired) electrons. The highest BCUT2D eigenvalue weighted by atomic mass is 19.1. The molecule has 6 rings (SSSR count). The maximum Gasteiger partial charge on any atom is 0.181 e. The number of hydrogen-bond donors (Lipinski definition) is 2. The Morgan fingerprint density at radius 2 is 1.81 bits per heavy atom. The molecule has 0 aliphatic rings. The first kappa shape index (κ1) is 18.3. The van der Waals surface area contributed by atoms with Gasteiger partial charge in [-0.25, -0.2) is 19.3 Å². The number of H-pyrrole nitrogens is 2. The van der Waals surface area contributed by atoms with E-state index in [1.807, 2.05) is 25.1 Å². The third-order valence-corrected chi connectivity index (χ3v) is 5.25. The van der Waals surface area contributed by atoms with Gasteiger partial charge >= 0.3 is 0 Å². The Hall–Kier alpha value is -4.53. The lowest BCUT2D eigenvalue weighted by Crippen LogP contribution is -1.87. The summed E-state index contributed by atoms with van der Waals surface area (Å²) in [6, 6.07) is 8.73. The van der Waals surface area contributed by atoms with E-state index >= 15 is 0 Å². The van der Waals surface area contributed by atoms with E-state index < -0.39 is 0 Å². The summed E-state index contributed by atoms with van der Waals surface area (Å²) in [4.78, 5) is 25.3. The second kappa shape index (κ2) is 7.02. The number of benzene rings is 1. The van der Waals surface area contributed by atoms with Crippen molar-refractivity contribution in [2.75, 3.05) is 0 Å². The first-order valence-corrected chi connectivity index (χ1v) is 9.89. The number of rotatable bonds is 3. The van der Waals surface area contributed by atoms with E-state index in [4.69, 9.17) is 0 Å². The smallest absolute Gasteiger partial charge is 0.181 e. The van der Waals surface area contributed by atoms with Gasteiger partial charge in [0.05, 0.1) is 22.8 Å². The van der Waals surface area contributed by atoms with Crippen molar-refractivity contribution in [3.05, 3.63) is 72.7 Å². The molecular formula is C23H15FN8. The van der Waals surface area contributed by atoms with Crippen molar-refractivity contribution in [3.8, 4) is 33.9 Å². The Kier molecular flexibility index (Phi) is 4.00. The van der Waals surface area contributed by atoms with Crippen LogP contribution in [0.5, 0.6) is 0 Å². The number of aromatic nitrogens is 8. The lowest BCUT2D eigenvalue weighted by atomic mass is 10.0. The number of imidazole rings is 1. The molecule has 0 bridgehead atoms. The maximum absolute atomic E-state index is 14.0.